The third kappa shape index (κ3) is 6.56. The molecule has 0 spiro atoms. The van der Waals surface area contributed by atoms with Gasteiger partial charge in [0.2, 0.25) is 0 Å². The molecule has 1 aliphatic rings. The molecular formula is C21H38O5Si. The van der Waals surface area contributed by atoms with Crippen molar-refractivity contribution in [1.82, 2.24) is 0 Å². The van der Waals surface area contributed by atoms with Crippen LogP contribution in [0.5, 0.6) is 0 Å². The van der Waals surface area contributed by atoms with Gasteiger partial charge in [-0.1, -0.05) is 32.9 Å². The van der Waals surface area contributed by atoms with Crippen LogP contribution in [0.25, 0.3) is 0 Å². The summed E-state index contributed by atoms with van der Waals surface area (Å²) in [5, 5.41) is 0.00309. The predicted octanol–water partition coefficient (Wildman–Crippen LogP) is 4.98. The van der Waals surface area contributed by atoms with Crippen LogP contribution >= 0.6 is 0 Å². The Morgan fingerprint density at radius 2 is 1.85 bits per heavy atom. The summed E-state index contributed by atoms with van der Waals surface area (Å²) in [7, 11) is -2.16. The Morgan fingerprint density at radius 3 is 2.30 bits per heavy atom. The van der Waals surface area contributed by atoms with Gasteiger partial charge < -0.3 is 18.6 Å². The highest BCUT2D eigenvalue weighted by atomic mass is 28.4. The van der Waals surface area contributed by atoms with Gasteiger partial charge in [-0.2, -0.15) is 0 Å². The third-order valence-corrected chi connectivity index (χ3v) is 9.77. The topological polar surface area (TPSA) is 54.0 Å². The van der Waals surface area contributed by atoms with E-state index in [-0.39, 0.29) is 17.1 Å². The van der Waals surface area contributed by atoms with Crippen molar-refractivity contribution in [2.75, 3.05) is 0 Å². The van der Waals surface area contributed by atoms with E-state index >= 15 is 0 Å². The molecular weight excluding hydrogens is 360 g/mol. The van der Waals surface area contributed by atoms with E-state index in [1.165, 1.54) is 6.92 Å². The average molecular weight is 399 g/mol. The van der Waals surface area contributed by atoms with Crippen LogP contribution in [0.1, 0.15) is 54.4 Å². The molecule has 1 aliphatic heterocycles. The third-order valence-electron chi connectivity index (χ3n) is 5.30. The summed E-state index contributed by atoms with van der Waals surface area (Å²) in [6, 6.07) is 0. The molecule has 5 nitrogen and oxygen atoms in total. The summed E-state index contributed by atoms with van der Waals surface area (Å²) in [5.41, 5.74) is 0. The van der Waals surface area contributed by atoms with Gasteiger partial charge in [0.15, 0.2) is 14.1 Å². The van der Waals surface area contributed by atoms with Crippen LogP contribution in [0, 0.1) is 0 Å². The SMILES string of the molecule is C=CCC[C@@H](OC(C)=O)[C@H](O[Si](C)(C)C(C)(C)C)C1OC(C)(C)OC1C=C. The van der Waals surface area contributed by atoms with E-state index in [9.17, 15) is 4.79 Å². The Labute approximate surface area is 166 Å². The molecule has 1 fully saturated rings. The van der Waals surface area contributed by atoms with Crippen molar-refractivity contribution in [1.29, 1.82) is 0 Å². The Kier molecular flexibility index (Phi) is 8.06. The second-order valence-corrected chi connectivity index (χ2v) is 13.9. The van der Waals surface area contributed by atoms with Crippen molar-refractivity contribution in [2.45, 2.75) is 103 Å². The molecule has 0 aromatic heterocycles. The zero-order chi connectivity index (χ0) is 21.0. The number of carbonyl (C=O) groups excluding carboxylic acids is 1. The molecule has 2 unspecified atom stereocenters. The van der Waals surface area contributed by atoms with Crippen molar-refractivity contribution >= 4 is 14.3 Å². The van der Waals surface area contributed by atoms with Gasteiger partial charge in [0.25, 0.3) is 0 Å². The molecule has 0 amide bonds. The summed E-state index contributed by atoms with van der Waals surface area (Å²) in [6.45, 7) is 23.8. The summed E-state index contributed by atoms with van der Waals surface area (Å²) >= 11 is 0. The van der Waals surface area contributed by atoms with E-state index in [0.717, 1.165) is 0 Å². The van der Waals surface area contributed by atoms with E-state index in [1.807, 2.05) is 19.9 Å². The second-order valence-electron chi connectivity index (χ2n) is 9.16. The number of hydrogen-bond acceptors (Lipinski definition) is 5. The second kappa shape index (κ2) is 9.03. The number of esters is 1. The summed E-state index contributed by atoms with van der Waals surface area (Å²) < 4.78 is 24.6. The molecule has 0 aromatic rings. The molecule has 0 aliphatic carbocycles. The van der Waals surface area contributed by atoms with E-state index in [0.29, 0.717) is 12.8 Å². The van der Waals surface area contributed by atoms with Crippen molar-refractivity contribution in [2.24, 2.45) is 0 Å². The number of ether oxygens (including phenoxy) is 3. The molecule has 0 aromatic carbocycles. The van der Waals surface area contributed by atoms with Crippen LogP contribution < -0.4 is 0 Å². The van der Waals surface area contributed by atoms with Gasteiger partial charge in [-0.3, -0.25) is 4.79 Å². The van der Waals surface area contributed by atoms with Crippen molar-refractivity contribution in [3.63, 3.8) is 0 Å². The monoisotopic (exact) mass is 398 g/mol. The first-order chi connectivity index (χ1) is 12.2. The number of rotatable bonds is 9. The zero-order valence-electron chi connectivity index (χ0n) is 18.3. The molecule has 4 atom stereocenters. The van der Waals surface area contributed by atoms with Gasteiger partial charge in [-0.05, 0) is 44.8 Å². The molecule has 0 bridgehead atoms. The lowest BCUT2D eigenvalue weighted by Gasteiger charge is -2.43. The fraction of sp³-hybridized carbons (Fsp3) is 0.762. The minimum atomic E-state index is -2.16. The van der Waals surface area contributed by atoms with Crippen molar-refractivity contribution < 1.29 is 23.4 Å². The lowest BCUT2D eigenvalue weighted by atomic mass is 9.99. The predicted molar refractivity (Wildman–Crippen MR) is 111 cm³/mol. The van der Waals surface area contributed by atoms with Gasteiger partial charge in [-0.25, -0.2) is 0 Å². The van der Waals surface area contributed by atoms with E-state index in [1.54, 1.807) is 6.08 Å². The maximum absolute atomic E-state index is 11.8. The van der Waals surface area contributed by atoms with E-state index in [2.05, 4.69) is 47.0 Å². The average Bonchev–Trinajstić information content (AvgIpc) is 2.82. The Bertz CT molecular complexity index is 535. The van der Waals surface area contributed by atoms with Crippen molar-refractivity contribution in [3.8, 4) is 0 Å². The van der Waals surface area contributed by atoms with Crippen molar-refractivity contribution in [3.05, 3.63) is 25.3 Å². The van der Waals surface area contributed by atoms with Crippen LogP contribution in [-0.2, 0) is 23.4 Å². The highest BCUT2D eigenvalue weighted by molar-refractivity contribution is 6.74. The number of hydrogen-bond donors (Lipinski definition) is 0. The minimum Gasteiger partial charge on any atom is -0.460 e. The number of carbonyl (C=O) groups is 1. The Morgan fingerprint density at radius 1 is 1.26 bits per heavy atom. The first-order valence-electron chi connectivity index (χ1n) is 9.68. The fourth-order valence-corrected chi connectivity index (χ4v) is 4.23. The molecule has 0 saturated carbocycles. The first-order valence-corrected chi connectivity index (χ1v) is 12.6. The first kappa shape index (κ1) is 24.1. The van der Waals surface area contributed by atoms with Crippen LogP contribution in [0.15, 0.2) is 25.3 Å². The van der Waals surface area contributed by atoms with E-state index < -0.39 is 32.4 Å². The molecule has 6 heteroatoms. The van der Waals surface area contributed by atoms with Gasteiger partial charge in [-0.15, -0.1) is 13.2 Å². The van der Waals surface area contributed by atoms with Gasteiger partial charge in [0.05, 0.1) is 0 Å². The van der Waals surface area contributed by atoms with Crippen LogP contribution in [0.2, 0.25) is 18.1 Å². The van der Waals surface area contributed by atoms with Crippen LogP contribution in [0.3, 0.4) is 0 Å². The lowest BCUT2D eigenvalue weighted by molar-refractivity contribution is -0.171. The molecule has 0 N–H and O–H groups in total. The fourth-order valence-electron chi connectivity index (χ4n) is 2.91. The summed E-state index contributed by atoms with van der Waals surface area (Å²) in [6.07, 6.45) is 3.26. The summed E-state index contributed by atoms with van der Waals surface area (Å²) in [4.78, 5) is 11.8. The highest BCUT2D eigenvalue weighted by Crippen LogP contribution is 2.41. The van der Waals surface area contributed by atoms with Gasteiger partial charge in [0, 0.05) is 6.92 Å². The van der Waals surface area contributed by atoms with Crippen LogP contribution in [0.4, 0.5) is 0 Å². The maximum atomic E-state index is 11.8. The normalized spacial score (nSPS) is 24.9. The zero-order valence-corrected chi connectivity index (χ0v) is 19.3. The standard InChI is InChI=1S/C21H38O5Si/c1-11-13-14-17(23-15(3)22)19(26-27(9,10)20(4,5)6)18-16(12-2)24-21(7,8)25-18/h11-12,16-19H,1-2,13-14H2,3-10H3/t16?,17-,18?,19+/m1/s1. The quantitative estimate of drug-likeness (QED) is 0.311. The number of allylic oxidation sites excluding steroid dienone is 1. The Balaban J connectivity index is 3.30. The maximum Gasteiger partial charge on any atom is 0.302 e. The molecule has 1 rings (SSSR count). The Hall–Kier alpha value is -0.953. The molecule has 0 radical (unpaired) electrons. The highest BCUT2D eigenvalue weighted by Gasteiger charge is 2.50. The molecule has 1 saturated heterocycles. The lowest BCUT2D eigenvalue weighted by Crippen LogP contribution is -2.54. The summed E-state index contributed by atoms with van der Waals surface area (Å²) in [5.74, 6) is -1.08. The largest absolute Gasteiger partial charge is 0.460 e. The molecule has 27 heavy (non-hydrogen) atoms. The molecule has 156 valence electrons. The molecule has 1 heterocycles. The smallest absolute Gasteiger partial charge is 0.302 e. The minimum absolute atomic E-state index is 0.00309. The van der Waals surface area contributed by atoms with E-state index in [4.69, 9.17) is 18.6 Å². The van der Waals surface area contributed by atoms with Gasteiger partial charge >= 0.3 is 5.97 Å². The van der Waals surface area contributed by atoms with Crippen LogP contribution in [-0.4, -0.2) is 44.5 Å². The van der Waals surface area contributed by atoms with Gasteiger partial charge in [0.1, 0.15) is 24.4 Å².